The van der Waals surface area contributed by atoms with E-state index in [1.54, 1.807) is 43.6 Å². The quantitative estimate of drug-likeness (QED) is 0.359. The number of alkyl halides is 3. The zero-order valence-electron chi connectivity index (χ0n) is 19.5. The Morgan fingerprint density at radius 3 is 2.46 bits per heavy atom. The van der Waals surface area contributed by atoms with E-state index in [2.05, 4.69) is 10.6 Å². The maximum atomic E-state index is 13.0. The number of pyridine rings is 1. The van der Waals surface area contributed by atoms with Crippen LogP contribution in [0.1, 0.15) is 22.3 Å². The second-order valence-electron chi connectivity index (χ2n) is 8.41. The Kier molecular flexibility index (Phi) is 7.12. The number of fused-ring (bicyclic) bond motifs is 1. The molecule has 1 atom stereocenters. The highest BCUT2D eigenvalue weighted by atomic mass is 19.4. The predicted molar refractivity (Wildman–Crippen MR) is 133 cm³/mol. The summed E-state index contributed by atoms with van der Waals surface area (Å²) in [5, 5.41) is 15.2. The molecule has 3 N–H and O–H groups in total. The van der Waals surface area contributed by atoms with Crippen LogP contribution < -0.4 is 16.2 Å². The van der Waals surface area contributed by atoms with Gasteiger partial charge in [-0.3, -0.25) is 14.4 Å². The van der Waals surface area contributed by atoms with Gasteiger partial charge in [-0.05, 0) is 47.0 Å². The largest absolute Gasteiger partial charge is 0.416 e. The van der Waals surface area contributed by atoms with Crippen LogP contribution in [0.2, 0.25) is 0 Å². The summed E-state index contributed by atoms with van der Waals surface area (Å²) in [5.41, 5.74) is 1.98. The lowest BCUT2D eigenvalue weighted by Gasteiger charge is -2.23. The third-order valence-electron chi connectivity index (χ3n) is 5.82. The van der Waals surface area contributed by atoms with Gasteiger partial charge in [0.25, 0.3) is 5.91 Å². The summed E-state index contributed by atoms with van der Waals surface area (Å²) in [7, 11) is 1.55. The Labute approximate surface area is 209 Å². The van der Waals surface area contributed by atoms with Crippen LogP contribution in [0.4, 0.5) is 24.5 Å². The molecule has 3 aromatic rings. The zero-order chi connectivity index (χ0) is 26.7. The molecule has 2 heterocycles. The van der Waals surface area contributed by atoms with E-state index in [1.165, 1.54) is 34.9 Å². The number of nitrogens with zero attached hydrogens (tertiary/aromatic N) is 1. The van der Waals surface area contributed by atoms with E-state index in [4.69, 9.17) is 0 Å². The van der Waals surface area contributed by atoms with Gasteiger partial charge in [0.2, 0.25) is 11.5 Å². The van der Waals surface area contributed by atoms with E-state index in [0.29, 0.717) is 33.6 Å². The van der Waals surface area contributed by atoms with Crippen LogP contribution in [0.3, 0.4) is 0 Å². The molecule has 0 saturated carbocycles. The molecule has 2 amide bonds. The molecule has 10 heteroatoms. The molecule has 4 rings (SSSR count). The normalized spacial score (nSPS) is 15.9. The molecule has 0 aliphatic carbocycles. The second kappa shape index (κ2) is 10.3. The maximum Gasteiger partial charge on any atom is 0.416 e. The number of carbonyl (C=O) groups excluding carboxylic acids is 2. The van der Waals surface area contributed by atoms with E-state index in [1.807, 2.05) is 0 Å². The van der Waals surface area contributed by atoms with Gasteiger partial charge in [-0.1, -0.05) is 30.4 Å². The van der Waals surface area contributed by atoms with Gasteiger partial charge in [0.05, 0.1) is 5.56 Å². The maximum absolute atomic E-state index is 13.0. The molecule has 0 bridgehead atoms. The van der Waals surface area contributed by atoms with Gasteiger partial charge in [0.1, 0.15) is 6.10 Å². The Morgan fingerprint density at radius 2 is 1.78 bits per heavy atom. The SMILES string of the molecule is Cn1cc(/C(=C\C=C\C(=O)Nc2cccc3c2CC(O)C(=O)N3)c2ccc(C(F)(F)F)cc2)ccc1=O. The fraction of sp³-hybridized carbons (Fsp3) is 0.148. The number of benzene rings is 2. The summed E-state index contributed by atoms with van der Waals surface area (Å²) in [6, 6.07) is 12.4. The van der Waals surface area contributed by atoms with Crippen LogP contribution >= 0.6 is 0 Å². The van der Waals surface area contributed by atoms with Crippen molar-refractivity contribution in [1.29, 1.82) is 0 Å². The highest BCUT2D eigenvalue weighted by molar-refractivity contribution is 6.03. The minimum absolute atomic E-state index is 0.0477. The number of aliphatic hydroxyl groups is 1. The van der Waals surface area contributed by atoms with Crippen LogP contribution in [0.25, 0.3) is 5.57 Å². The molecule has 0 saturated heterocycles. The van der Waals surface area contributed by atoms with Crippen molar-refractivity contribution in [3.05, 3.63) is 112 Å². The second-order valence-corrected chi connectivity index (χ2v) is 8.41. The minimum Gasteiger partial charge on any atom is -0.383 e. The number of allylic oxidation sites excluding steroid dienone is 2. The number of hydrogen-bond acceptors (Lipinski definition) is 4. The lowest BCUT2D eigenvalue weighted by atomic mass is 9.97. The number of nitrogens with one attached hydrogen (secondary N) is 2. The number of anilines is 2. The van der Waals surface area contributed by atoms with Gasteiger partial charge in [-0.25, -0.2) is 0 Å². The topological polar surface area (TPSA) is 100 Å². The van der Waals surface area contributed by atoms with Crippen LogP contribution in [-0.2, 0) is 29.2 Å². The van der Waals surface area contributed by atoms with Crippen molar-refractivity contribution in [3.63, 3.8) is 0 Å². The first-order chi connectivity index (χ1) is 17.5. The van der Waals surface area contributed by atoms with Crippen LogP contribution in [0.5, 0.6) is 0 Å². The van der Waals surface area contributed by atoms with E-state index in [9.17, 15) is 32.7 Å². The van der Waals surface area contributed by atoms with Crippen molar-refractivity contribution in [2.45, 2.75) is 18.7 Å². The summed E-state index contributed by atoms with van der Waals surface area (Å²) < 4.78 is 40.4. The number of rotatable bonds is 5. The number of aromatic nitrogens is 1. The van der Waals surface area contributed by atoms with Crippen molar-refractivity contribution in [1.82, 2.24) is 4.57 Å². The first-order valence-corrected chi connectivity index (χ1v) is 11.2. The molecule has 0 radical (unpaired) electrons. The molecule has 1 unspecified atom stereocenters. The number of aryl methyl sites for hydroxylation is 1. The summed E-state index contributed by atoms with van der Waals surface area (Å²) in [6.07, 6.45) is 0.140. The Balaban J connectivity index is 1.61. The fourth-order valence-electron chi connectivity index (χ4n) is 3.90. The van der Waals surface area contributed by atoms with Gasteiger partial charge in [0, 0.05) is 48.7 Å². The third kappa shape index (κ3) is 5.87. The first-order valence-electron chi connectivity index (χ1n) is 11.2. The van der Waals surface area contributed by atoms with E-state index < -0.39 is 29.7 Å². The van der Waals surface area contributed by atoms with Gasteiger partial charge < -0.3 is 20.3 Å². The molecule has 1 aliphatic rings. The van der Waals surface area contributed by atoms with E-state index in [0.717, 1.165) is 12.1 Å². The monoisotopic (exact) mass is 509 g/mol. The summed E-state index contributed by atoms with van der Waals surface area (Å²) in [6.45, 7) is 0. The Bertz CT molecular complexity index is 1470. The Morgan fingerprint density at radius 1 is 1.08 bits per heavy atom. The van der Waals surface area contributed by atoms with Gasteiger partial charge >= 0.3 is 6.18 Å². The number of halogens is 3. The van der Waals surface area contributed by atoms with Gasteiger partial charge in [-0.15, -0.1) is 0 Å². The highest BCUT2D eigenvalue weighted by Gasteiger charge is 2.30. The number of hydrogen-bond donors (Lipinski definition) is 3. The number of amides is 2. The minimum atomic E-state index is -4.48. The van der Waals surface area contributed by atoms with E-state index >= 15 is 0 Å². The summed E-state index contributed by atoms with van der Waals surface area (Å²) >= 11 is 0. The highest BCUT2D eigenvalue weighted by Crippen LogP contribution is 2.32. The smallest absolute Gasteiger partial charge is 0.383 e. The van der Waals surface area contributed by atoms with Gasteiger partial charge in [-0.2, -0.15) is 13.2 Å². The molecule has 1 aliphatic heterocycles. The summed E-state index contributed by atoms with van der Waals surface area (Å²) in [4.78, 5) is 36.1. The molecule has 0 fully saturated rings. The molecule has 0 spiro atoms. The average molecular weight is 509 g/mol. The Hall–Kier alpha value is -4.44. The first kappa shape index (κ1) is 25.6. The molecular weight excluding hydrogens is 487 g/mol. The van der Waals surface area contributed by atoms with Crippen molar-refractivity contribution in [2.75, 3.05) is 10.6 Å². The van der Waals surface area contributed by atoms with Gasteiger partial charge in [0.15, 0.2) is 0 Å². The van der Waals surface area contributed by atoms with Crippen molar-refractivity contribution in [2.24, 2.45) is 7.05 Å². The van der Waals surface area contributed by atoms with Crippen LogP contribution in [-0.4, -0.2) is 27.6 Å². The lowest BCUT2D eigenvalue weighted by molar-refractivity contribution is -0.137. The predicted octanol–water partition coefficient (Wildman–Crippen LogP) is 3.89. The molecule has 37 heavy (non-hydrogen) atoms. The standard InChI is InChI=1S/C27H22F3N3O4/c1-33-15-17(10-13-25(33)36)19(16-8-11-18(12-9-16)27(28,29)30)4-2-7-24(35)31-21-5-3-6-22-20(21)14-23(34)26(37)32-22/h2-13,15,23,34H,14H2,1H3,(H,31,35)(H,32,37)/b7-2+,19-4-. The zero-order valence-corrected chi connectivity index (χ0v) is 19.5. The average Bonchev–Trinajstić information content (AvgIpc) is 2.84. The van der Waals surface area contributed by atoms with Crippen molar-refractivity contribution in [3.8, 4) is 0 Å². The molecular formula is C27H22F3N3O4. The van der Waals surface area contributed by atoms with E-state index in [-0.39, 0.29) is 12.0 Å². The molecule has 7 nitrogen and oxygen atoms in total. The molecule has 190 valence electrons. The number of carbonyl (C=O) groups is 2. The number of aliphatic hydroxyl groups excluding tert-OH is 1. The van der Waals surface area contributed by atoms with Crippen LogP contribution in [0.15, 0.2) is 83.8 Å². The van der Waals surface area contributed by atoms with Crippen LogP contribution in [0, 0.1) is 0 Å². The summed E-state index contributed by atoms with van der Waals surface area (Å²) in [5.74, 6) is -1.02. The van der Waals surface area contributed by atoms with Crippen molar-refractivity contribution >= 4 is 28.8 Å². The third-order valence-corrected chi connectivity index (χ3v) is 5.82. The molecule has 1 aromatic heterocycles. The van der Waals surface area contributed by atoms with Crippen molar-refractivity contribution < 1.29 is 27.9 Å². The molecule has 2 aromatic carbocycles. The fourth-order valence-corrected chi connectivity index (χ4v) is 3.90. The lowest BCUT2D eigenvalue weighted by Crippen LogP contribution is -2.34.